The van der Waals surface area contributed by atoms with Gasteiger partial charge in [-0.15, -0.1) is 0 Å². The Balaban J connectivity index is 1.71. The van der Waals surface area contributed by atoms with Gasteiger partial charge in [0.15, 0.2) is 11.6 Å². The van der Waals surface area contributed by atoms with Gasteiger partial charge in [0, 0.05) is 10.6 Å². The molecule has 0 fully saturated rings. The highest BCUT2D eigenvalue weighted by Gasteiger charge is 2.06. The molecule has 0 bridgehead atoms. The van der Waals surface area contributed by atoms with Gasteiger partial charge >= 0.3 is 0 Å². The summed E-state index contributed by atoms with van der Waals surface area (Å²) in [4.78, 5) is 0. The SMILES string of the molecule is Fc1ccc(COc2ccc(Cl)cc2C=NNc2ccccc2)cc1F. The number of benzene rings is 3. The molecule has 6 heteroatoms. The van der Waals surface area contributed by atoms with Crippen molar-refractivity contribution in [3.05, 3.63) is 94.5 Å². The van der Waals surface area contributed by atoms with Gasteiger partial charge in [0.2, 0.25) is 0 Å². The van der Waals surface area contributed by atoms with Crippen LogP contribution in [0.5, 0.6) is 5.75 Å². The van der Waals surface area contributed by atoms with Gasteiger partial charge < -0.3 is 4.74 Å². The van der Waals surface area contributed by atoms with Crippen LogP contribution >= 0.6 is 11.6 Å². The van der Waals surface area contributed by atoms with Gasteiger partial charge in [-0.1, -0.05) is 35.9 Å². The minimum atomic E-state index is -0.906. The fraction of sp³-hybridized carbons (Fsp3) is 0.0500. The molecule has 0 aromatic heterocycles. The number of nitrogens with one attached hydrogen (secondary N) is 1. The maximum atomic E-state index is 13.3. The van der Waals surface area contributed by atoms with E-state index < -0.39 is 11.6 Å². The van der Waals surface area contributed by atoms with Gasteiger partial charge in [-0.2, -0.15) is 5.10 Å². The third-order valence-corrected chi connectivity index (χ3v) is 3.76. The van der Waals surface area contributed by atoms with Crippen molar-refractivity contribution in [1.29, 1.82) is 0 Å². The summed E-state index contributed by atoms with van der Waals surface area (Å²) in [6.45, 7) is 0.0891. The topological polar surface area (TPSA) is 33.6 Å². The van der Waals surface area contributed by atoms with Crippen LogP contribution in [0.3, 0.4) is 0 Å². The van der Waals surface area contributed by atoms with Crippen molar-refractivity contribution in [2.75, 3.05) is 5.43 Å². The molecule has 0 saturated carbocycles. The molecule has 0 saturated heterocycles. The third kappa shape index (κ3) is 4.80. The van der Waals surface area contributed by atoms with E-state index in [1.165, 1.54) is 6.07 Å². The van der Waals surface area contributed by atoms with Crippen LogP contribution in [-0.2, 0) is 6.61 Å². The van der Waals surface area contributed by atoms with E-state index in [0.717, 1.165) is 17.8 Å². The van der Waals surface area contributed by atoms with Gasteiger partial charge in [-0.3, -0.25) is 5.43 Å². The molecule has 26 heavy (non-hydrogen) atoms. The van der Waals surface area contributed by atoms with Crippen LogP contribution in [0, 0.1) is 11.6 Å². The van der Waals surface area contributed by atoms with Crippen LogP contribution in [0.1, 0.15) is 11.1 Å². The second kappa shape index (κ2) is 8.45. The Morgan fingerprint density at radius 2 is 1.77 bits per heavy atom. The average Bonchev–Trinajstić information content (AvgIpc) is 2.65. The Hall–Kier alpha value is -2.92. The van der Waals surface area contributed by atoms with Crippen LogP contribution in [-0.4, -0.2) is 6.21 Å². The molecule has 0 aliphatic rings. The summed E-state index contributed by atoms with van der Waals surface area (Å²) in [5.41, 5.74) is 4.92. The molecule has 3 aromatic rings. The Morgan fingerprint density at radius 1 is 0.962 bits per heavy atom. The van der Waals surface area contributed by atoms with Crippen LogP contribution in [0.4, 0.5) is 14.5 Å². The summed E-state index contributed by atoms with van der Waals surface area (Å²) < 4.78 is 32.0. The number of anilines is 1. The van der Waals surface area contributed by atoms with Gasteiger partial charge in [0.25, 0.3) is 0 Å². The molecular formula is C20H15ClF2N2O. The predicted octanol–water partition coefficient (Wildman–Crippen LogP) is 5.64. The lowest BCUT2D eigenvalue weighted by Gasteiger charge is -2.10. The van der Waals surface area contributed by atoms with E-state index >= 15 is 0 Å². The van der Waals surface area contributed by atoms with Crippen molar-refractivity contribution in [1.82, 2.24) is 0 Å². The van der Waals surface area contributed by atoms with E-state index in [-0.39, 0.29) is 6.61 Å². The lowest BCUT2D eigenvalue weighted by molar-refractivity contribution is 0.304. The number of hydrogen-bond donors (Lipinski definition) is 1. The highest BCUT2D eigenvalue weighted by molar-refractivity contribution is 6.30. The normalized spacial score (nSPS) is 10.9. The van der Waals surface area contributed by atoms with Crippen molar-refractivity contribution in [3.63, 3.8) is 0 Å². The van der Waals surface area contributed by atoms with E-state index in [0.29, 0.717) is 21.9 Å². The van der Waals surface area contributed by atoms with Gasteiger partial charge in [-0.05, 0) is 48.0 Å². The van der Waals surface area contributed by atoms with Crippen molar-refractivity contribution in [3.8, 4) is 5.75 Å². The predicted molar refractivity (Wildman–Crippen MR) is 99.8 cm³/mol. The summed E-state index contributed by atoms with van der Waals surface area (Å²) in [7, 11) is 0. The van der Waals surface area contributed by atoms with Gasteiger partial charge in [-0.25, -0.2) is 8.78 Å². The minimum absolute atomic E-state index is 0.0891. The molecule has 0 atom stereocenters. The molecule has 0 radical (unpaired) electrons. The largest absolute Gasteiger partial charge is 0.488 e. The fourth-order valence-corrected chi connectivity index (χ4v) is 2.41. The highest BCUT2D eigenvalue weighted by Crippen LogP contribution is 2.23. The number of nitrogens with zero attached hydrogens (tertiary/aromatic N) is 1. The Bertz CT molecular complexity index is 917. The standard InChI is InChI=1S/C20H15ClF2N2O/c21-16-7-9-20(26-13-14-6-8-18(22)19(23)10-14)15(11-16)12-24-25-17-4-2-1-3-5-17/h1-12,25H,13H2. The molecule has 0 amide bonds. The molecule has 0 spiro atoms. The first-order valence-electron chi connectivity index (χ1n) is 7.82. The Kier molecular flexibility index (Phi) is 5.81. The van der Waals surface area contributed by atoms with E-state index in [1.807, 2.05) is 30.3 Å². The Morgan fingerprint density at radius 3 is 2.54 bits per heavy atom. The molecule has 3 rings (SSSR count). The zero-order chi connectivity index (χ0) is 18.4. The van der Waals surface area contributed by atoms with Crippen molar-refractivity contribution in [2.24, 2.45) is 5.10 Å². The summed E-state index contributed by atoms with van der Waals surface area (Å²) in [5, 5.41) is 4.70. The molecule has 3 nitrogen and oxygen atoms in total. The monoisotopic (exact) mass is 372 g/mol. The highest BCUT2D eigenvalue weighted by atomic mass is 35.5. The van der Waals surface area contributed by atoms with Crippen molar-refractivity contribution >= 4 is 23.5 Å². The first-order valence-corrected chi connectivity index (χ1v) is 8.20. The molecule has 132 valence electrons. The van der Waals surface area contributed by atoms with Crippen LogP contribution in [0.2, 0.25) is 5.02 Å². The summed E-state index contributed by atoms with van der Waals surface area (Å²) in [6, 6.07) is 18.2. The number of rotatable bonds is 6. The third-order valence-electron chi connectivity index (χ3n) is 3.52. The number of hydrogen-bond acceptors (Lipinski definition) is 3. The fourth-order valence-electron chi connectivity index (χ4n) is 2.23. The van der Waals surface area contributed by atoms with Crippen molar-refractivity contribution in [2.45, 2.75) is 6.61 Å². The summed E-state index contributed by atoms with van der Waals surface area (Å²) in [6.07, 6.45) is 1.58. The smallest absolute Gasteiger partial charge is 0.159 e. The van der Waals surface area contributed by atoms with E-state index in [1.54, 1.807) is 24.4 Å². The van der Waals surface area contributed by atoms with Crippen LogP contribution in [0.15, 0.2) is 71.8 Å². The van der Waals surface area contributed by atoms with Crippen LogP contribution in [0.25, 0.3) is 0 Å². The molecule has 0 aliphatic carbocycles. The average molecular weight is 373 g/mol. The first-order chi connectivity index (χ1) is 12.6. The maximum absolute atomic E-state index is 13.3. The Labute approximate surface area is 154 Å². The maximum Gasteiger partial charge on any atom is 0.159 e. The summed E-state index contributed by atoms with van der Waals surface area (Å²) in [5.74, 6) is -1.27. The lowest BCUT2D eigenvalue weighted by atomic mass is 10.2. The lowest BCUT2D eigenvalue weighted by Crippen LogP contribution is -2.00. The molecule has 0 heterocycles. The second-order valence-corrected chi connectivity index (χ2v) is 5.89. The molecule has 3 aromatic carbocycles. The van der Waals surface area contributed by atoms with E-state index in [2.05, 4.69) is 10.5 Å². The molecule has 1 N–H and O–H groups in total. The first kappa shape index (κ1) is 17.9. The number of ether oxygens (including phenoxy) is 1. The zero-order valence-electron chi connectivity index (χ0n) is 13.6. The molecular weight excluding hydrogens is 358 g/mol. The second-order valence-electron chi connectivity index (χ2n) is 5.46. The number of para-hydroxylation sites is 1. The van der Waals surface area contributed by atoms with Crippen molar-refractivity contribution < 1.29 is 13.5 Å². The van der Waals surface area contributed by atoms with Gasteiger partial charge in [0.1, 0.15) is 12.4 Å². The minimum Gasteiger partial charge on any atom is -0.488 e. The molecule has 0 unspecified atom stereocenters. The van der Waals surface area contributed by atoms with Crippen LogP contribution < -0.4 is 10.2 Å². The summed E-state index contributed by atoms with van der Waals surface area (Å²) >= 11 is 6.04. The van der Waals surface area contributed by atoms with Gasteiger partial charge in [0.05, 0.1) is 11.9 Å². The molecule has 0 aliphatic heterocycles. The number of hydrazone groups is 1. The van der Waals surface area contributed by atoms with E-state index in [9.17, 15) is 8.78 Å². The zero-order valence-corrected chi connectivity index (χ0v) is 14.4. The number of halogens is 3. The quantitative estimate of drug-likeness (QED) is 0.448. The van der Waals surface area contributed by atoms with E-state index in [4.69, 9.17) is 16.3 Å².